The van der Waals surface area contributed by atoms with E-state index in [1.54, 1.807) is 0 Å². The van der Waals surface area contributed by atoms with Crippen molar-refractivity contribution in [3.63, 3.8) is 0 Å². The zero-order chi connectivity index (χ0) is 14.3. The number of nitrogens with zero attached hydrogens (tertiary/aromatic N) is 5. The molecule has 3 heterocycles. The summed E-state index contributed by atoms with van der Waals surface area (Å²) in [6.45, 7) is 8.13. The lowest BCUT2D eigenvalue weighted by molar-refractivity contribution is 0.759. The molecule has 0 bridgehead atoms. The molecule has 3 rings (SSSR count). The van der Waals surface area contributed by atoms with Crippen LogP contribution in [0.1, 0.15) is 29.9 Å². The molecule has 1 aliphatic rings. The third kappa shape index (κ3) is 2.32. The Morgan fingerprint density at radius 2 is 1.80 bits per heavy atom. The van der Waals surface area contributed by atoms with Crippen LogP contribution in [0.5, 0.6) is 0 Å². The first-order chi connectivity index (χ1) is 9.56. The summed E-state index contributed by atoms with van der Waals surface area (Å²) >= 11 is 3.62. The van der Waals surface area contributed by atoms with Crippen LogP contribution in [-0.2, 0) is 0 Å². The molecule has 20 heavy (non-hydrogen) atoms. The second-order valence-electron chi connectivity index (χ2n) is 5.28. The molecule has 2 aromatic heterocycles. The third-order valence-corrected chi connectivity index (χ3v) is 4.52. The van der Waals surface area contributed by atoms with Crippen molar-refractivity contribution in [3.8, 4) is 5.95 Å². The number of hydrogen-bond donors (Lipinski definition) is 0. The molecule has 0 aliphatic carbocycles. The van der Waals surface area contributed by atoms with Gasteiger partial charge in [0.1, 0.15) is 5.82 Å². The summed E-state index contributed by atoms with van der Waals surface area (Å²) in [5.41, 5.74) is 2.98. The van der Waals surface area contributed by atoms with Gasteiger partial charge in [-0.3, -0.25) is 0 Å². The minimum atomic E-state index is 0.651. The molecule has 106 valence electrons. The standard InChI is InChI=1S/C14H18BrN5/c1-9-8-10(2)20(18-9)14-16-11(3)12(15)13(17-14)19-6-4-5-7-19/h8H,4-7H2,1-3H3. The number of aryl methyl sites for hydroxylation is 3. The Morgan fingerprint density at radius 1 is 1.10 bits per heavy atom. The maximum absolute atomic E-state index is 4.73. The maximum Gasteiger partial charge on any atom is 0.253 e. The van der Waals surface area contributed by atoms with Gasteiger partial charge in [0, 0.05) is 18.8 Å². The fourth-order valence-electron chi connectivity index (χ4n) is 2.59. The summed E-state index contributed by atoms with van der Waals surface area (Å²) in [6, 6.07) is 2.04. The van der Waals surface area contributed by atoms with Crippen LogP contribution in [0.25, 0.3) is 5.95 Å². The highest BCUT2D eigenvalue weighted by Gasteiger charge is 2.20. The van der Waals surface area contributed by atoms with Gasteiger partial charge in [-0.05, 0) is 55.6 Å². The van der Waals surface area contributed by atoms with Gasteiger partial charge in [0.25, 0.3) is 5.95 Å². The lowest BCUT2D eigenvalue weighted by Crippen LogP contribution is -2.21. The zero-order valence-electron chi connectivity index (χ0n) is 12.0. The minimum Gasteiger partial charge on any atom is -0.356 e. The molecule has 6 heteroatoms. The summed E-state index contributed by atoms with van der Waals surface area (Å²) in [7, 11) is 0. The average Bonchev–Trinajstić information content (AvgIpc) is 3.02. The van der Waals surface area contributed by atoms with Crippen LogP contribution >= 0.6 is 15.9 Å². The summed E-state index contributed by atoms with van der Waals surface area (Å²) in [5, 5.41) is 4.48. The van der Waals surface area contributed by atoms with Crippen molar-refractivity contribution in [2.45, 2.75) is 33.6 Å². The molecule has 0 N–H and O–H groups in total. The van der Waals surface area contributed by atoms with Crippen LogP contribution in [-0.4, -0.2) is 32.8 Å². The van der Waals surface area contributed by atoms with Crippen molar-refractivity contribution in [1.82, 2.24) is 19.7 Å². The van der Waals surface area contributed by atoms with E-state index in [9.17, 15) is 0 Å². The predicted octanol–water partition coefficient (Wildman–Crippen LogP) is 2.95. The van der Waals surface area contributed by atoms with Crippen LogP contribution in [0.3, 0.4) is 0 Å². The van der Waals surface area contributed by atoms with E-state index in [0.717, 1.165) is 40.5 Å². The smallest absolute Gasteiger partial charge is 0.253 e. The number of anilines is 1. The molecule has 1 aliphatic heterocycles. The van der Waals surface area contributed by atoms with Gasteiger partial charge in [0.05, 0.1) is 15.9 Å². The highest BCUT2D eigenvalue weighted by Crippen LogP contribution is 2.29. The second kappa shape index (κ2) is 5.16. The van der Waals surface area contributed by atoms with E-state index in [0.29, 0.717) is 5.95 Å². The predicted molar refractivity (Wildman–Crippen MR) is 82.5 cm³/mol. The molecule has 0 unspecified atom stereocenters. The summed E-state index contributed by atoms with van der Waals surface area (Å²) in [6.07, 6.45) is 2.45. The second-order valence-corrected chi connectivity index (χ2v) is 6.07. The van der Waals surface area contributed by atoms with E-state index in [2.05, 4.69) is 30.9 Å². The quantitative estimate of drug-likeness (QED) is 0.846. The van der Waals surface area contributed by atoms with Crippen molar-refractivity contribution >= 4 is 21.7 Å². The van der Waals surface area contributed by atoms with Crippen LogP contribution in [0.4, 0.5) is 5.82 Å². The van der Waals surface area contributed by atoms with Crippen molar-refractivity contribution in [2.75, 3.05) is 18.0 Å². The van der Waals surface area contributed by atoms with Crippen molar-refractivity contribution < 1.29 is 0 Å². The minimum absolute atomic E-state index is 0.651. The molecule has 0 saturated carbocycles. The number of aromatic nitrogens is 4. The Labute approximate surface area is 127 Å². The molecule has 5 nitrogen and oxygen atoms in total. The van der Waals surface area contributed by atoms with Gasteiger partial charge in [-0.25, -0.2) is 9.67 Å². The Hall–Kier alpha value is -1.43. The highest BCUT2D eigenvalue weighted by atomic mass is 79.9. The van der Waals surface area contributed by atoms with Gasteiger partial charge in [0.15, 0.2) is 0 Å². The first-order valence-electron chi connectivity index (χ1n) is 6.89. The Kier molecular flexibility index (Phi) is 3.50. The zero-order valence-corrected chi connectivity index (χ0v) is 13.6. The van der Waals surface area contributed by atoms with Gasteiger partial charge in [0.2, 0.25) is 0 Å². The molecule has 0 aromatic carbocycles. The maximum atomic E-state index is 4.73. The molecular formula is C14H18BrN5. The largest absolute Gasteiger partial charge is 0.356 e. The number of hydrogen-bond acceptors (Lipinski definition) is 4. The monoisotopic (exact) mass is 335 g/mol. The lowest BCUT2D eigenvalue weighted by atomic mass is 10.4. The van der Waals surface area contributed by atoms with Gasteiger partial charge in [-0.1, -0.05) is 0 Å². The molecule has 1 fully saturated rings. The molecule has 0 radical (unpaired) electrons. The first kappa shape index (κ1) is 13.5. The van der Waals surface area contributed by atoms with Gasteiger partial charge < -0.3 is 4.90 Å². The topological polar surface area (TPSA) is 46.8 Å². The average molecular weight is 336 g/mol. The third-order valence-electron chi connectivity index (χ3n) is 3.59. The lowest BCUT2D eigenvalue weighted by Gasteiger charge is -2.19. The highest BCUT2D eigenvalue weighted by molar-refractivity contribution is 9.10. The summed E-state index contributed by atoms with van der Waals surface area (Å²) in [4.78, 5) is 11.6. The number of rotatable bonds is 2. The summed E-state index contributed by atoms with van der Waals surface area (Å²) in [5.74, 6) is 1.63. The Balaban J connectivity index is 2.10. The van der Waals surface area contributed by atoms with E-state index < -0.39 is 0 Å². The van der Waals surface area contributed by atoms with Crippen molar-refractivity contribution in [1.29, 1.82) is 0 Å². The van der Waals surface area contributed by atoms with E-state index in [1.807, 2.05) is 31.5 Å². The van der Waals surface area contributed by atoms with Gasteiger partial charge in [-0.2, -0.15) is 10.1 Å². The van der Waals surface area contributed by atoms with E-state index in [4.69, 9.17) is 4.98 Å². The molecule has 0 amide bonds. The summed E-state index contributed by atoms with van der Waals surface area (Å²) < 4.78 is 2.80. The molecule has 0 atom stereocenters. The fraction of sp³-hybridized carbons (Fsp3) is 0.500. The van der Waals surface area contributed by atoms with Crippen LogP contribution in [0.2, 0.25) is 0 Å². The molecular weight excluding hydrogens is 318 g/mol. The normalized spacial score (nSPS) is 15.1. The van der Waals surface area contributed by atoms with Gasteiger partial charge >= 0.3 is 0 Å². The van der Waals surface area contributed by atoms with Crippen molar-refractivity contribution in [3.05, 3.63) is 27.6 Å². The molecule has 0 spiro atoms. The molecule has 1 saturated heterocycles. The SMILES string of the molecule is Cc1cc(C)n(-c2nc(C)c(Br)c(N3CCCC3)n2)n1. The number of halogens is 1. The van der Waals surface area contributed by atoms with E-state index >= 15 is 0 Å². The Morgan fingerprint density at radius 3 is 2.40 bits per heavy atom. The van der Waals surface area contributed by atoms with Crippen LogP contribution in [0, 0.1) is 20.8 Å². The van der Waals surface area contributed by atoms with E-state index in [-0.39, 0.29) is 0 Å². The molecule has 2 aromatic rings. The van der Waals surface area contributed by atoms with E-state index in [1.165, 1.54) is 12.8 Å². The van der Waals surface area contributed by atoms with Crippen molar-refractivity contribution in [2.24, 2.45) is 0 Å². The first-order valence-corrected chi connectivity index (χ1v) is 7.68. The van der Waals surface area contributed by atoms with Crippen LogP contribution < -0.4 is 4.90 Å². The fourth-order valence-corrected chi connectivity index (χ4v) is 3.02. The van der Waals surface area contributed by atoms with Crippen LogP contribution in [0.15, 0.2) is 10.5 Å². The Bertz CT molecular complexity index is 643. The van der Waals surface area contributed by atoms with Gasteiger partial charge in [-0.15, -0.1) is 0 Å².